The number of benzene rings is 1. The zero-order chi connectivity index (χ0) is 13.0. The highest BCUT2D eigenvalue weighted by Crippen LogP contribution is 2.18. The Morgan fingerprint density at radius 1 is 1.06 bits per heavy atom. The van der Waals surface area contributed by atoms with Crippen LogP contribution in [0.4, 0.5) is 0 Å². The third-order valence-electron chi connectivity index (χ3n) is 2.23. The number of pyridine rings is 1. The van der Waals surface area contributed by atoms with E-state index in [-0.39, 0.29) is 17.0 Å². The van der Waals surface area contributed by atoms with Gasteiger partial charge < -0.3 is 10.5 Å². The van der Waals surface area contributed by atoms with E-state index in [1.807, 2.05) is 0 Å². The number of hydrogen-bond acceptors (Lipinski definition) is 4. The number of amides is 1. The fraction of sp³-hybridized carbons (Fsp3) is 0. The van der Waals surface area contributed by atoms with Crippen LogP contribution in [0, 0.1) is 0 Å². The smallest absolute Gasteiger partial charge is 0.362 e. The molecule has 0 saturated heterocycles. The van der Waals surface area contributed by atoms with Gasteiger partial charge in [-0.2, -0.15) is 0 Å². The molecule has 5 heteroatoms. The first-order chi connectivity index (χ1) is 8.68. The average Bonchev–Trinajstić information content (AvgIpc) is 2.40. The van der Waals surface area contributed by atoms with Crippen LogP contribution in [-0.4, -0.2) is 16.9 Å². The van der Waals surface area contributed by atoms with Crippen molar-refractivity contribution in [2.75, 3.05) is 0 Å². The van der Waals surface area contributed by atoms with Gasteiger partial charge in [-0.1, -0.05) is 18.2 Å². The molecular formula is C13H10N2O3. The standard InChI is InChI=1S/C13H10N2O3/c14-12(16)9-5-1-2-7-11(9)18-13(17)10-6-3-4-8-15-10/h1-8H,(H2,14,16). The number of carbonyl (C=O) groups excluding carboxylic acids is 2. The SMILES string of the molecule is NC(=O)c1ccccc1OC(=O)c1ccccn1. The summed E-state index contributed by atoms with van der Waals surface area (Å²) in [6, 6.07) is 11.2. The van der Waals surface area contributed by atoms with Crippen molar-refractivity contribution in [3.05, 3.63) is 59.9 Å². The first-order valence-corrected chi connectivity index (χ1v) is 5.20. The number of hydrogen-bond donors (Lipinski definition) is 1. The summed E-state index contributed by atoms with van der Waals surface area (Å²) in [4.78, 5) is 26.8. The van der Waals surface area contributed by atoms with Crippen LogP contribution >= 0.6 is 0 Å². The minimum Gasteiger partial charge on any atom is -0.421 e. The van der Waals surface area contributed by atoms with Crippen molar-refractivity contribution in [2.24, 2.45) is 5.73 Å². The maximum atomic E-state index is 11.8. The molecule has 0 aliphatic heterocycles. The summed E-state index contributed by atoms with van der Waals surface area (Å²) in [6.45, 7) is 0. The maximum absolute atomic E-state index is 11.8. The number of rotatable bonds is 3. The topological polar surface area (TPSA) is 82.3 Å². The lowest BCUT2D eigenvalue weighted by atomic mass is 10.2. The number of aromatic nitrogens is 1. The molecule has 0 atom stereocenters. The molecule has 0 aliphatic rings. The number of carbonyl (C=O) groups is 2. The summed E-state index contributed by atoms with van der Waals surface area (Å²) in [7, 11) is 0. The Bertz CT molecular complexity index is 582. The van der Waals surface area contributed by atoms with Crippen molar-refractivity contribution >= 4 is 11.9 Å². The van der Waals surface area contributed by atoms with E-state index in [9.17, 15) is 9.59 Å². The normalized spacial score (nSPS) is 9.78. The molecule has 0 spiro atoms. The van der Waals surface area contributed by atoms with Gasteiger partial charge in [0.1, 0.15) is 11.4 Å². The van der Waals surface area contributed by atoms with Gasteiger partial charge in [0.2, 0.25) is 0 Å². The van der Waals surface area contributed by atoms with E-state index in [2.05, 4.69) is 4.98 Å². The highest BCUT2D eigenvalue weighted by atomic mass is 16.5. The molecule has 0 fully saturated rings. The first-order valence-electron chi connectivity index (χ1n) is 5.20. The van der Waals surface area contributed by atoms with E-state index in [0.29, 0.717) is 0 Å². The summed E-state index contributed by atoms with van der Waals surface area (Å²) in [5, 5.41) is 0. The molecule has 0 radical (unpaired) electrons. The van der Waals surface area contributed by atoms with E-state index < -0.39 is 11.9 Å². The number of primary amides is 1. The van der Waals surface area contributed by atoms with Gasteiger partial charge in [-0.3, -0.25) is 4.79 Å². The third-order valence-corrected chi connectivity index (χ3v) is 2.23. The highest BCUT2D eigenvalue weighted by Gasteiger charge is 2.14. The second-order valence-corrected chi connectivity index (χ2v) is 3.46. The van der Waals surface area contributed by atoms with Crippen LogP contribution in [-0.2, 0) is 0 Å². The van der Waals surface area contributed by atoms with Crippen LogP contribution < -0.4 is 10.5 Å². The molecule has 1 aromatic heterocycles. The summed E-state index contributed by atoms with van der Waals surface area (Å²) in [5.74, 6) is -1.16. The predicted molar refractivity (Wildman–Crippen MR) is 64.2 cm³/mol. The van der Waals surface area contributed by atoms with Crippen molar-refractivity contribution < 1.29 is 14.3 Å². The average molecular weight is 242 g/mol. The van der Waals surface area contributed by atoms with Crippen LogP contribution in [0.3, 0.4) is 0 Å². The lowest BCUT2D eigenvalue weighted by Crippen LogP contribution is -2.16. The Kier molecular flexibility index (Phi) is 3.33. The third kappa shape index (κ3) is 2.52. The molecule has 0 saturated carbocycles. The minimum atomic E-state index is -0.653. The molecule has 0 aliphatic carbocycles. The highest BCUT2D eigenvalue weighted by molar-refractivity contribution is 5.97. The molecule has 5 nitrogen and oxygen atoms in total. The second-order valence-electron chi connectivity index (χ2n) is 3.46. The van der Waals surface area contributed by atoms with Crippen molar-refractivity contribution in [2.45, 2.75) is 0 Å². The molecule has 1 amide bonds. The van der Waals surface area contributed by atoms with E-state index in [1.165, 1.54) is 24.4 Å². The van der Waals surface area contributed by atoms with Gasteiger partial charge in [0.05, 0.1) is 5.56 Å². The van der Waals surface area contributed by atoms with Crippen LogP contribution in [0.1, 0.15) is 20.8 Å². The number of para-hydroxylation sites is 1. The van der Waals surface area contributed by atoms with Gasteiger partial charge in [-0.15, -0.1) is 0 Å². The molecule has 2 N–H and O–H groups in total. The Morgan fingerprint density at radius 2 is 1.78 bits per heavy atom. The summed E-state index contributed by atoms with van der Waals surface area (Å²) < 4.78 is 5.09. The molecule has 1 aromatic carbocycles. The van der Waals surface area contributed by atoms with Crippen molar-refractivity contribution in [3.63, 3.8) is 0 Å². The number of nitrogens with zero attached hydrogens (tertiary/aromatic N) is 1. The zero-order valence-corrected chi connectivity index (χ0v) is 9.37. The van der Waals surface area contributed by atoms with Crippen LogP contribution in [0.2, 0.25) is 0 Å². The van der Waals surface area contributed by atoms with E-state index >= 15 is 0 Å². The van der Waals surface area contributed by atoms with Crippen molar-refractivity contribution in [1.29, 1.82) is 0 Å². The van der Waals surface area contributed by atoms with Crippen LogP contribution in [0.15, 0.2) is 48.7 Å². The second kappa shape index (κ2) is 5.09. The number of nitrogens with two attached hydrogens (primary N) is 1. The monoisotopic (exact) mass is 242 g/mol. The van der Waals surface area contributed by atoms with Crippen LogP contribution in [0.25, 0.3) is 0 Å². The van der Waals surface area contributed by atoms with Gasteiger partial charge in [0.15, 0.2) is 0 Å². The van der Waals surface area contributed by atoms with Gasteiger partial charge in [0, 0.05) is 6.20 Å². The summed E-state index contributed by atoms with van der Waals surface area (Å²) in [6.07, 6.45) is 1.48. The molecule has 90 valence electrons. The number of esters is 1. The van der Waals surface area contributed by atoms with Crippen molar-refractivity contribution in [3.8, 4) is 5.75 Å². The minimum absolute atomic E-state index is 0.126. The lowest BCUT2D eigenvalue weighted by molar-refractivity contribution is 0.0726. The Balaban J connectivity index is 2.25. The largest absolute Gasteiger partial charge is 0.421 e. The fourth-order valence-electron chi connectivity index (χ4n) is 1.39. The van der Waals surface area contributed by atoms with Gasteiger partial charge >= 0.3 is 5.97 Å². The van der Waals surface area contributed by atoms with Crippen molar-refractivity contribution in [1.82, 2.24) is 4.98 Å². The quantitative estimate of drug-likeness (QED) is 0.651. The molecular weight excluding hydrogens is 232 g/mol. The lowest BCUT2D eigenvalue weighted by Gasteiger charge is -2.06. The van der Waals surface area contributed by atoms with E-state index in [1.54, 1.807) is 24.3 Å². The maximum Gasteiger partial charge on any atom is 0.362 e. The van der Waals surface area contributed by atoms with Gasteiger partial charge in [0.25, 0.3) is 5.91 Å². The van der Waals surface area contributed by atoms with Gasteiger partial charge in [-0.25, -0.2) is 9.78 Å². The molecule has 18 heavy (non-hydrogen) atoms. The molecule has 0 bridgehead atoms. The molecule has 2 rings (SSSR count). The molecule has 1 heterocycles. The Morgan fingerprint density at radius 3 is 2.44 bits per heavy atom. The zero-order valence-electron chi connectivity index (χ0n) is 9.37. The van der Waals surface area contributed by atoms with E-state index in [0.717, 1.165) is 0 Å². The Labute approximate surface area is 103 Å². The summed E-state index contributed by atoms with van der Waals surface area (Å²) in [5.41, 5.74) is 5.50. The van der Waals surface area contributed by atoms with Gasteiger partial charge in [-0.05, 0) is 24.3 Å². The summed E-state index contributed by atoms with van der Waals surface area (Å²) >= 11 is 0. The van der Waals surface area contributed by atoms with Crippen LogP contribution in [0.5, 0.6) is 5.75 Å². The first kappa shape index (κ1) is 11.8. The number of ether oxygens (including phenoxy) is 1. The molecule has 0 unspecified atom stereocenters. The Hall–Kier alpha value is -2.69. The van der Waals surface area contributed by atoms with E-state index in [4.69, 9.17) is 10.5 Å². The molecule has 2 aromatic rings. The fourth-order valence-corrected chi connectivity index (χ4v) is 1.39. The predicted octanol–water partition coefficient (Wildman–Crippen LogP) is 1.40.